The van der Waals surface area contributed by atoms with Gasteiger partial charge in [-0.1, -0.05) is 30.3 Å². The van der Waals surface area contributed by atoms with Crippen molar-refractivity contribution in [2.75, 3.05) is 5.32 Å². The molecule has 0 bridgehead atoms. The molecule has 0 amide bonds. The second kappa shape index (κ2) is 5.39. The number of para-hydroxylation sites is 2. The Morgan fingerprint density at radius 1 is 1.11 bits per heavy atom. The molecule has 0 spiro atoms. The Morgan fingerprint density at radius 2 is 1.74 bits per heavy atom. The molecule has 5 heteroatoms. The second-order valence-electron chi connectivity index (χ2n) is 3.95. The number of phenols is 1. The first-order chi connectivity index (χ1) is 9.09. The maximum Gasteiger partial charge on any atom is 0.330 e. The van der Waals surface area contributed by atoms with E-state index in [1.165, 1.54) is 30.3 Å². The summed E-state index contributed by atoms with van der Waals surface area (Å²) in [6.07, 6.45) is 0. The smallest absolute Gasteiger partial charge is 0.330 e. The second-order valence-corrected chi connectivity index (χ2v) is 3.95. The van der Waals surface area contributed by atoms with Crippen molar-refractivity contribution in [2.45, 2.75) is 6.04 Å². The van der Waals surface area contributed by atoms with E-state index in [9.17, 15) is 19.4 Å². The van der Waals surface area contributed by atoms with Crippen molar-refractivity contribution in [3.8, 4) is 5.75 Å². The fourth-order valence-corrected chi connectivity index (χ4v) is 1.74. The Hall–Kier alpha value is -2.56. The molecule has 0 aliphatic rings. The highest BCUT2D eigenvalue weighted by atomic mass is 19.1. The molecule has 98 valence electrons. The minimum atomic E-state index is -1.22. The molecule has 0 aliphatic heterocycles. The summed E-state index contributed by atoms with van der Waals surface area (Å²) in [6.45, 7) is 0. The molecular weight excluding hydrogens is 249 g/mol. The van der Waals surface area contributed by atoms with Crippen molar-refractivity contribution in [1.82, 2.24) is 0 Å². The van der Waals surface area contributed by atoms with Gasteiger partial charge in [-0.25, -0.2) is 9.18 Å². The average molecular weight is 261 g/mol. The van der Waals surface area contributed by atoms with Gasteiger partial charge in [0.05, 0.1) is 5.69 Å². The average Bonchev–Trinajstić information content (AvgIpc) is 2.38. The topological polar surface area (TPSA) is 69.6 Å². The monoisotopic (exact) mass is 261 g/mol. The maximum atomic E-state index is 13.5. The van der Waals surface area contributed by atoms with Gasteiger partial charge in [0.2, 0.25) is 0 Å². The van der Waals surface area contributed by atoms with Crippen LogP contribution < -0.4 is 5.32 Å². The van der Waals surface area contributed by atoms with Crippen LogP contribution >= 0.6 is 0 Å². The lowest BCUT2D eigenvalue weighted by Gasteiger charge is -2.17. The number of aliphatic carboxylic acids is 1. The van der Waals surface area contributed by atoms with Crippen LogP contribution in [0.4, 0.5) is 10.1 Å². The molecule has 1 atom stereocenters. The fraction of sp³-hybridized carbons (Fsp3) is 0.0714. The molecule has 19 heavy (non-hydrogen) atoms. The van der Waals surface area contributed by atoms with E-state index in [4.69, 9.17) is 0 Å². The van der Waals surface area contributed by atoms with Gasteiger partial charge in [0.25, 0.3) is 0 Å². The molecule has 2 rings (SSSR count). The number of hydrogen-bond donors (Lipinski definition) is 3. The maximum absolute atomic E-state index is 13.5. The summed E-state index contributed by atoms with van der Waals surface area (Å²) < 4.78 is 13.5. The summed E-state index contributed by atoms with van der Waals surface area (Å²) in [5.74, 6) is -1.91. The number of aromatic hydroxyl groups is 1. The molecule has 0 fully saturated rings. The molecule has 2 aromatic carbocycles. The Morgan fingerprint density at radius 3 is 2.37 bits per heavy atom. The van der Waals surface area contributed by atoms with Gasteiger partial charge >= 0.3 is 5.97 Å². The SMILES string of the molecule is O=C(O)C(Nc1ccccc1F)c1ccccc1O. The Kier molecular flexibility index (Phi) is 3.66. The van der Waals surface area contributed by atoms with E-state index in [-0.39, 0.29) is 17.0 Å². The molecule has 4 nitrogen and oxygen atoms in total. The van der Waals surface area contributed by atoms with Crippen LogP contribution in [-0.4, -0.2) is 16.2 Å². The molecule has 1 unspecified atom stereocenters. The van der Waals surface area contributed by atoms with Gasteiger partial charge in [-0.05, 0) is 18.2 Å². The quantitative estimate of drug-likeness (QED) is 0.791. The normalized spacial score (nSPS) is 11.8. The highest BCUT2D eigenvalue weighted by Gasteiger charge is 2.23. The standard InChI is InChI=1S/C14H12FNO3/c15-10-6-2-3-7-11(10)16-13(14(18)19)9-5-1-4-8-12(9)17/h1-8,13,16-17H,(H,18,19). The van der Waals surface area contributed by atoms with Crippen LogP contribution in [0.1, 0.15) is 11.6 Å². The minimum absolute atomic E-state index is 0.0677. The summed E-state index contributed by atoms with van der Waals surface area (Å²) in [6, 6.07) is 10.6. The van der Waals surface area contributed by atoms with E-state index in [1.54, 1.807) is 18.2 Å². The zero-order valence-electron chi connectivity index (χ0n) is 9.88. The molecule has 0 heterocycles. The lowest BCUT2D eigenvalue weighted by Crippen LogP contribution is -2.21. The number of hydrogen-bond acceptors (Lipinski definition) is 3. The molecule has 2 aromatic rings. The number of anilines is 1. The van der Waals surface area contributed by atoms with Crippen LogP contribution in [0.25, 0.3) is 0 Å². The van der Waals surface area contributed by atoms with Crippen molar-refractivity contribution in [2.24, 2.45) is 0 Å². The Labute approximate surface area is 109 Å². The van der Waals surface area contributed by atoms with Crippen LogP contribution in [0, 0.1) is 5.82 Å². The van der Waals surface area contributed by atoms with E-state index in [2.05, 4.69) is 5.32 Å². The van der Waals surface area contributed by atoms with Gasteiger partial charge in [-0.3, -0.25) is 0 Å². The van der Waals surface area contributed by atoms with Gasteiger partial charge in [-0.2, -0.15) is 0 Å². The highest BCUT2D eigenvalue weighted by molar-refractivity contribution is 5.80. The first-order valence-corrected chi connectivity index (χ1v) is 5.61. The van der Waals surface area contributed by atoms with Gasteiger partial charge in [0.15, 0.2) is 6.04 Å². The van der Waals surface area contributed by atoms with Crippen LogP contribution in [0.5, 0.6) is 5.75 Å². The number of halogens is 1. The minimum Gasteiger partial charge on any atom is -0.508 e. The number of carboxylic acid groups (broad SMARTS) is 1. The molecule has 0 saturated heterocycles. The zero-order valence-corrected chi connectivity index (χ0v) is 9.88. The van der Waals surface area contributed by atoms with Crippen LogP contribution in [0.3, 0.4) is 0 Å². The third-order valence-electron chi connectivity index (χ3n) is 2.67. The van der Waals surface area contributed by atoms with E-state index in [1.807, 2.05) is 0 Å². The Bertz CT molecular complexity index is 601. The number of carboxylic acids is 1. The first kappa shape index (κ1) is 12.9. The van der Waals surface area contributed by atoms with Crippen LogP contribution in [0.2, 0.25) is 0 Å². The molecule has 0 radical (unpaired) electrons. The molecule has 0 aliphatic carbocycles. The molecule has 0 saturated carbocycles. The van der Waals surface area contributed by atoms with Crippen LogP contribution in [-0.2, 0) is 4.79 Å². The molecule has 3 N–H and O–H groups in total. The lowest BCUT2D eigenvalue weighted by atomic mass is 10.1. The lowest BCUT2D eigenvalue weighted by molar-refractivity contribution is -0.138. The van der Waals surface area contributed by atoms with Crippen molar-refractivity contribution >= 4 is 11.7 Å². The fourth-order valence-electron chi connectivity index (χ4n) is 1.74. The number of benzene rings is 2. The largest absolute Gasteiger partial charge is 0.508 e. The van der Waals surface area contributed by atoms with Gasteiger partial charge in [0, 0.05) is 5.56 Å². The third kappa shape index (κ3) is 2.82. The van der Waals surface area contributed by atoms with Crippen LogP contribution in [0.15, 0.2) is 48.5 Å². The predicted octanol–water partition coefficient (Wildman–Crippen LogP) is 2.77. The van der Waals surface area contributed by atoms with Crippen molar-refractivity contribution in [1.29, 1.82) is 0 Å². The summed E-state index contributed by atoms with van der Waals surface area (Å²) in [5.41, 5.74) is 0.247. The highest BCUT2D eigenvalue weighted by Crippen LogP contribution is 2.28. The zero-order chi connectivity index (χ0) is 13.8. The van der Waals surface area contributed by atoms with Crippen molar-refractivity contribution in [3.63, 3.8) is 0 Å². The summed E-state index contributed by atoms with van der Waals surface area (Å²) in [4.78, 5) is 11.3. The molecular formula is C14H12FNO3. The number of phenolic OH excluding ortho intramolecular Hbond substituents is 1. The first-order valence-electron chi connectivity index (χ1n) is 5.61. The number of carbonyl (C=O) groups is 1. The molecule has 0 aromatic heterocycles. The van der Waals surface area contributed by atoms with E-state index >= 15 is 0 Å². The van der Waals surface area contributed by atoms with E-state index in [0.717, 1.165) is 0 Å². The van der Waals surface area contributed by atoms with Crippen molar-refractivity contribution < 1.29 is 19.4 Å². The summed E-state index contributed by atoms with van der Waals surface area (Å²) in [7, 11) is 0. The predicted molar refractivity (Wildman–Crippen MR) is 68.5 cm³/mol. The van der Waals surface area contributed by atoms with Gasteiger partial charge < -0.3 is 15.5 Å². The van der Waals surface area contributed by atoms with Gasteiger partial charge in [-0.15, -0.1) is 0 Å². The van der Waals surface area contributed by atoms with E-state index in [0.29, 0.717) is 0 Å². The third-order valence-corrected chi connectivity index (χ3v) is 2.67. The van der Waals surface area contributed by atoms with Crippen molar-refractivity contribution in [3.05, 3.63) is 59.9 Å². The number of rotatable bonds is 4. The number of nitrogens with one attached hydrogen (secondary N) is 1. The Balaban J connectivity index is 2.35. The van der Waals surface area contributed by atoms with E-state index < -0.39 is 17.8 Å². The summed E-state index contributed by atoms with van der Waals surface area (Å²) in [5, 5.41) is 21.5. The summed E-state index contributed by atoms with van der Waals surface area (Å²) >= 11 is 0. The van der Waals surface area contributed by atoms with Gasteiger partial charge in [0.1, 0.15) is 11.6 Å².